The van der Waals surface area contributed by atoms with E-state index in [1.54, 1.807) is 0 Å². The summed E-state index contributed by atoms with van der Waals surface area (Å²) in [5, 5.41) is 2.94. The largest absolute Gasteiger partial charge is 0.371 e. The van der Waals surface area contributed by atoms with Crippen molar-refractivity contribution in [2.75, 3.05) is 11.9 Å². The monoisotopic (exact) mass is 260 g/mol. The third kappa shape index (κ3) is 2.75. The van der Waals surface area contributed by atoms with E-state index in [0.29, 0.717) is 12.0 Å². The van der Waals surface area contributed by atoms with Gasteiger partial charge in [-0.05, 0) is 56.9 Å². The van der Waals surface area contributed by atoms with Gasteiger partial charge in [-0.15, -0.1) is 0 Å². The molecule has 0 spiro atoms. The molecular weight excluding hydrogens is 236 g/mol. The van der Waals surface area contributed by atoms with E-state index in [0.717, 1.165) is 12.0 Å². The van der Waals surface area contributed by atoms with Crippen molar-refractivity contribution in [2.45, 2.75) is 46.2 Å². The van der Waals surface area contributed by atoms with E-state index < -0.39 is 0 Å². The highest BCUT2D eigenvalue weighted by molar-refractivity contribution is 5.95. The number of carbonyl (C=O) groups excluding carboxylic acids is 1. The molecule has 104 valence electrons. The van der Waals surface area contributed by atoms with Gasteiger partial charge < -0.3 is 10.2 Å². The summed E-state index contributed by atoms with van der Waals surface area (Å²) in [6, 6.07) is 6.77. The fourth-order valence-electron chi connectivity index (χ4n) is 2.70. The number of nitrogens with one attached hydrogen (secondary N) is 1. The highest BCUT2D eigenvalue weighted by atomic mass is 16.1. The Morgan fingerprint density at radius 1 is 1.37 bits per heavy atom. The first-order valence-electron chi connectivity index (χ1n) is 7.06. The van der Waals surface area contributed by atoms with Crippen LogP contribution in [0.5, 0.6) is 0 Å². The lowest BCUT2D eigenvalue weighted by molar-refractivity contribution is 0.0943. The van der Waals surface area contributed by atoms with Gasteiger partial charge in [-0.2, -0.15) is 0 Å². The molecule has 0 fully saturated rings. The second-order valence-corrected chi connectivity index (χ2v) is 6.00. The first-order valence-corrected chi connectivity index (χ1v) is 7.06. The molecule has 1 heterocycles. The summed E-state index contributed by atoms with van der Waals surface area (Å²) in [6.45, 7) is 8.49. The number of nitrogens with zero attached hydrogens (tertiary/aromatic N) is 1. The highest BCUT2D eigenvalue weighted by Crippen LogP contribution is 2.33. The van der Waals surface area contributed by atoms with Crippen molar-refractivity contribution < 1.29 is 4.79 Å². The molecule has 1 aliphatic rings. The van der Waals surface area contributed by atoms with Crippen molar-refractivity contribution in [2.24, 2.45) is 5.92 Å². The number of fused-ring (bicyclic) bond motifs is 1. The van der Waals surface area contributed by atoms with Gasteiger partial charge >= 0.3 is 0 Å². The van der Waals surface area contributed by atoms with Crippen LogP contribution in [0.3, 0.4) is 0 Å². The Balaban J connectivity index is 2.29. The van der Waals surface area contributed by atoms with Gasteiger partial charge in [-0.1, -0.05) is 6.92 Å². The Bertz CT molecular complexity index is 482. The van der Waals surface area contributed by atoms with Crippen molar-refractivity contribution in [1.82, 2.24) is 5.32 Å². The Labute approximate surface area is 116 Å². The smallest absolute Gasteiger partial charge is 0.251 e. The molecule has 1 aromatic rings. The van der Waals surface area contributed by atoms with Crippen LogP contribution in [0.25, 0.3) is 0 Å². The summed E-state index contributed by atoms with van der Waals surface area (Å²) in [7, 11) is 2.13. The second-order valence-electron chi connectivity index (χ2n) is 6.00. The molecule has 0 unspecified atom stereocenters. The van der Waals surface area contributed by atoms with Crippen LogP contribution in [-0.2, 0) is 6.42 Å². The van der Waals surface area contributed by atoms with Gasteiger partial charge in [0.15, 0.2) is 0 Å². The third-order valence-corrected chi connectivity index (χ3v) is 4.12. The normalized spacial score (nSPS) is 22.3. The molecule has 1 aliphatic heterocycles. The third-order valence-electron chi connectivity index (χ3n) is 4.12. The lowest BCUT2D eigenvalue weighted by atomic mass is 9.87. The molecule has 2 atom stereocenters. The van der Waals surface area contributed by atoms with Crippen molar-refractivity contribution in [3.63, 3.8) is 0 Å². The van der Waals surface area contributed by atoms with Crippen LogP contribution in [0.1, 0.15) is 43.6 Å². The van der Waals surface area contributed by atoms with Crippen LogP contribution in [-0.4, -0.2) is 25.0 Å². The molecule has 2 rings (SSSR count). The van der Waals surface area contributed by atoms with E-state index >= 15 is 0 Å². The maximum Gasteiger partial charge on any atom is 0.251 e. The molecular formula is C16H24N2O. The van der Waals surface area contributed by atoms with Gasteiger partial charge in [-0.3, -0.25) is 4.79 Å². The summed E-state index contributed by atoms with van der Waals surface area (Å²) in [6.07, 6.45) is 1.05. The summed E-state index contributed by atoms with van der Waals surface area (Å²) in [5.74, 6) is 0.632. The van der Waals surface area contributed by atoms with E-state index in [4.69, 9.17) is 0 Å². The van der Waals surface area contributed by atoms with Crippen LogP contribution < -0.4 is 10.2 Å². The van der Waals surface area contributed by atoms with E-state index in [9.17, 15) is 4.79 Å². The number of benzene rings is 1. The Morgan fingerprint density at radius 2 is 2.05 bits per heavy atom. The minimum absolute atomic E-state index is 0.0201. The van der Waals surface area contributed by atoms with Crippen molar-refractivity contribution in [1.29, 1.82) is 0 Å². The molecule has 0 aromatic heterocycles. The van der Waals surface area contributed by atoms with Gasteiger partial charge in [-0.25, -0.2) is 0 Å². The first kappa shape index (κ1) is 13.9. The van der Waals surface area contributed by atoms with Gasteiger partial charge in [0.1, 0.15) is 0 Å². The summed E-state index contributed by atoms with van der Waals surface area (Å²) >= 11 is 0. The molecule has 1 amide bonds. The standard InChI is InChI=1S/C16H24N2O/c1-10(2)17-16(19)13-6-7-15-14(9-13)8-11(3)12(4)18(15)5/h6-7,9-12H,8H2,1-5H3,(H,17,19)/t11-,12+/m1/s1. The van der Waals surface area contributed by atoms with Gasteiger partial charge in [0.05, 0.1) is 0 Å². The maximum absolute atomic E-state index is 12.0. The molecule has 0 bridgehead atoms. The zero-order chi connectivity index (χ0) is 14.2. The van der Waals surface area contributed by atoms with Gasteiger partial charge in [0, 0.05) is 30.4 Å². The number of anilines is 1. The Morgan fingerprint density at radius 3 is 2.68 bits per heavy atom. The minimum Gasteiger partial charge on any atom is -0.371 e. The van der Waals surface area contributed by atoms with Crippen molar-refractivity contribution >= 4 is 11.6 Å². The van der Waals surface area contributed by atoms with Crippen LogP contribution >= 0.6 is 0 Å². The molecule has 1 aromatic carbocycles. The van der Waals surface area contributed by atoms with Crippen LogP contribution in [0.4, 0.5) is 5.69 Å². The van der Waals surface area contributed by atoms with E-state index in [1.165, 1.54) is 11.3 Å². The molecule has 3 nitrogen and oxygen atoms in total. The van der Waals surface area contributed by atoms with E-state index in [2.05, 4.69) is 37.2 Å². The van der Waals surface area contributed by atoms with Gasteiger partial charge in [0.25, 0.3) is 5.91 Å². The summed E-state index contributed by atoms with van der Waals surface area (Å²) in [4.78, 5) is 14.4. The number of rotatable bonds is 2. The molecule has 19 heavy (non-hydrogen) atoms. The van der Waals surface area contributed by atoms with Crippen molar-refractivity contribution in [3.05, 3.63) is 29.3 Å². The molecule has 0 aliphatic carbocycles. The zero-order valence-electron chi connectivity index (χ0n) is 12.5. The fourth-order valence-corrected chi connectivity index (χ4v) is 2.70. The van der Waals surface area contributed by atoms with E-state index in [1.807, 2.05) is 26.0 Å². The van der Waals surface area contributed by atoms with Crippen LogP contribution in [0.15, 0.2) is 18.2 Å². The fraction of sp³-hybridized carbons (Fsp3) is 0.562. The molecule has 0 saturated carbocycles. The Kier molecular flexibility index (Phi) is 3.83. The summed E-state index contributed by atoms with van der Waals surface area (Å²) in [5.41, 5.74) is 3.30. The highest BCUT2D eigenvalue weighted by Gasteiger charge is 2.26. The minimum atomic E-state index is 0.0201. The van der Waals surface area contributed by atoms with Gasteiger partial charge in [0.2, 0.25) is 0 Å². The lowest BCUT2D eigenvalue weighted by Gasteiger charge is -2.38. The quantitative estimate of drug-likeness (QED) is 0.887. The predicted octanol–water partition coefficient (Wildman–Crippen LogP) is 2.84. The first-order chi connectivity index (χ1) is 8.90. The van der Waals surface area contributed by atoms with E-state index in [-0.39, 0.29) is 11.9 Å². The number of hydrogen-bond donors (Lipinski definition) is 1. The zero-order valence-corrected chi connectivity index (χ0v) is 12.5. The predicted molar refractivity (Wildman–Crippen MR) is 79.8 cm³/mol. The molecule has 3 heteroatoms. The molecule has 1 N–H and O–H groups in total. The maximum atomic E-state index is 12.0. The number of carbonyl (C=O) groups is 1. The molecule has 0 saturated heterocycles. The average Bonchev–Trinajstić information content (AvgIpc) is 2.34. The topological polar surface area (TPSA) is 32.3 Å². The molecule has 0 radical (unpaired) electrons. The number of amides is 1. The second kappa shape index (κ2) is 5.24. The SMILES string of the molecule is CC(C)NC(=O)c1ccc2c(c1)C[C@@H](C)[C@H](C)N2C. The number of hydrogen-bond acceptors (Lipinski definition) is 2. The Hall–Kier alpha value is -1.51. The average molecular weight is 260 g/mol. The van der Waals surface area contributed by atoms with Crippen molar-refractivity contribution in [3.8, 4) is 0 Å². The van der Waals surface area contributed by atoms with Crippen LogP contribution in [0.2, 0.25) is 0 Å². The summed E-state index contributed by atoms with van der Waals surface area (Å²) < 4.78 is 0. The van der Waals surface area contributed by atoms with Crippen LogP contribution in [0, 0.1) is 5.92 Å². The lowest BCUT2D eigenvalue weighted by Crippen LogP contribution is -2.39.